The molecular formula is C6H12N2O4. The third-order valence-electron chi connectivity index (χ3n) is 1.11. The molecule has 0 saturated heterocycles. The van der Waals surface area contributed by atoms with Crippen LogP contribution >= 0.6 is 0 Å². The van der Waals surface area contributed by atoms with Gasteiger partial charge in [-0.2, -0.15) is 0 Å². The maximum Gasteiger partial charge on any atom is 0.468 e. The third-order valence-corrected chi connectivity index (χ3v) is 1.11. The zero-order chi connectivity index (χ0) is 9.56. The molecule has 0 radical (unpaired) electrons. The second-order valence-corrected chi connectivity index (χ2v) is 2.06. The van der Waals surface area contributed by atoms with E-state index < -0.39 is 11.1 Å². The largest absolute Gasteiger partial charge is 0.468 e. The van der Waals surface area contributed by atoms with E-state index in [-0.39, 0.29) is 13.2 Å². The fourth-order valence-electron chi connectivity index (χ4n) is 0.649. The highest BCUT2D eigenvalue weighted by molar-refractivity contribution is 5.65. The van der Waals surface area contributed by atoms with Gasteiger partial charge in [0.2, 0.25) is 0 Å². The molecule has 1 amide bonds. The van der Waals surface area contributed by atoms with Crippen molar-refractivity contribution in [3.05, 3.63) is 10.1 Å². The summed E-state index contributed by atoms with van der Waals surface area (Å²) in [6.45, 7) is 3.57. The van der Waals surface area contributed by atoms with E-state index in [9.17, 15) is 14.9 Å². The van der Waals surface area contributed by atoms with E-state index in [2.05, 4.69) is 4.74 Å². The summed E-state index contributed by atoms with van der Waals surface area (Å²) in [5.41, 5.74) is 0. The first-order valence-corrected chi connectivity index (χ1v) is 3.72. The minimum absolute atomic E-state index is 0.0752. The Morgan fingerprint density at radius 1 is 1.58 bits per heavy atom. The lowest BCUT2D eigenvalue weighted by Gasteiger charge is -2.09. The Bertz CT molecular complexity index is 171. The average molecular weight is 176 g/mol. The highest BCUT2D eigenvalue weighted by Crippen LogP contribution is 1.95. The van der Waals surface area contributed by atoms with Crippen LogP contribution in [0.1, 0.15) is 20.3 Å². The summed E-state index contributed by atoms with van der Waals surface area (Å²) >= 11 is 0. The van der Waals surface area contributed by atoms with Gasteiger partial charge in [0.15, 0.2) is 5.03 Å². The van der Waals surface area contributed by atoms with Crippen LogP contribution in [0.3, 0.4) is 0 Å². The topological polar surface area (TPSA) is 72.7 Å². The quantitative estimate of drug-likeness (QED) is 0.474. The zero-order valence-corrected chi connectivity index (χ0v) is 7.15. The van der Waals surface area contributed by atoms with Crippen LogP contribution in [0.5, 0.6) is 0 Å². The van der Waals surface area contributed by atoms with Gasteiger partial charge < -0.3 is 4.74 Å². The van der Waals surface area contributed by atoms with Crippen LogP contribution in [0.25, 0.3) is 0 Å². The van der Waals surface area contributed by atoms with Crippen LogP contribution in [0.4, 0.5) is 4.79 Å². The van der Waals surface area contributed by atoms with Crippen molar-refractivity contribution in [2.24, 2.45) is 0 Å². The fourth-order valence-corrected chi connectivity index (χ4v) is 0.649. The lowest BCUT2D eigenvalue weighted by Crippen LogP contribution is -2.37. The predicted molar refractivity (Wildman–Crippen MR) is 41.0 cm³/mol. The maximum atomic E-state index is 10.8. The van der Waals surface area contributed by atoms with Crippen molar-refractivity contribution in [3.63, 3.8) is 0 Å². The van der Waals surface area contributed by atoms with Gasteiger partial charge in [-0.25, -0.2) is 14.9 Å². The number of carbonyl (C=O) groups is 1. The molecule has 0 spiro atoms. The fraction of sp³-hybridized carbons (Fsp3) is 0.833. The summed E-state index contributed by atoms with van der Waals surface area (Å²) in [6.07, 6.45) is -0.371. The molecule has 0 aromatic rings. The smallest absolute Gasteiger partial charge is 0.446 e. The summed E-state index contributed by atoms with van der Waals surface area (Å²) in [4.78, 5) is 21.1. The van der Waals surface area contributed by atoms with E-state index in [1.807, 2.05) is 0 Å². The molecule has 0 saturated carbocycles. The van der Waals surface area contributed by atoms with Crippen LogP contribution in [0.2, 0.25) is 0 Å². The van der Waals surface area contributed by atoms with Crippen molar-refractivity contribution in [2.75, 3.05) is 13.2 Å². The molecule has 0 N–H and O–H groups in total. The van der Waals surface area contributed by atoms with Gasteiger partial charge in [-0.15, -0.1) is 0 Å². The predicted octanol–water partition coefficient (Wildman–Crippen LogP) is 1.05. The van der Waals surface area contributed by atoms with Gasteiger partial charge in [-0.3, -0.25) is 0 Å². The first-order valence-electron chi connectivity index (χ1n) is 3.72. The molecular weight excluding hydrogens is 164 g/mol. The van der Waals surface area contributed by atoms with Crippen molar-refractivity contribution in [2.45, 2.75) is 20.3 Å². The number of ether oxygens (including phenoxy) is 1. The number of hydrogen-bond acceptors (Lipinski definition) is 4. The Balaban J connectivity index is 4.09. The van der Waals surface area contributed by atoms with E-state index in [0.717, 1.165) is 0 Å². The summed E-state index contributed by atoms with van der Waals surface area (Å²) in [5, 5.41) is 9.94. The van der Waals surface area contributed by atoms with Crippen molar-refractivity contribution >= 4 is 6.09 Å². The van der Waals surface area contributed by atoms with Gasteiger partial charge in [0, 0.05) is 0 Å². The Morgan fingerprint density at radius 3 is 2.50 bits per heavy atom. The molecule has 12 heavy (non-hydrogen) atoms. The van der Waals surface area contributed by atoms with E-state index in [4.69, 9.17) is 0 Å². The second kappa shape index (κ2) is 5.34. The molecule has 0 rings (SSSR count). The molecule has 0 aliphatic heterocycles. The Morgan fingerprint density at radius 2 is 2.17 bits per heavy atom. The molecule has 0 heterocycles. The minimum Gasteiger partial charge on any atom is -0.446 e. The Hall–Kier alpha value is -1.33. The van der Waals surface area contributed by atoms with E-state index in [0.29, 0.717) is 11.4 Å². The molecule has 0 aromatic heterocycles. The highest BCUT2D eigenvalue weighted by atomic mass is 16.7. The summed E-state index contributed by atoms with van der Waals surface area (Å²) in [7, 11) is 0. The number of hydrogen-bond donors (Lipinski definition) is 0. The highest BCUT2D eigenvalue weighted by Gasteiger charge is 2.23. The molecule has 0 fully saturated rings. The van der Waals surface area contributed by atoms with Gasteiger partial charge in [0.1, 0.15) is 0 Å². The van der Waals surface area contributed by atoms with Gasteiger partial charge >= 0.3 is 6.09 Å². The first kappa shape index (κ1) is 10.7. The molecule has 0 bridgehead atoms. The number of nitrogens with zero attached hydrogens (tertiary/aromatic N) is 2. The Kier molecular flexibility index (Phi) is 4.75. The lowest BCUT2D eigenvalue weighted by atomic mass is 10.5. The van der Waals surface area contributed by atoms with Gasteiger partial charge in [-0.05, 0) is 18.4 Å². The van der Waals surface area contributed by atoms with Crippen molar-refractivity contribution in [3.8, 4) is 0 Å². The summed E-state index contributed by atoms with van der Waals surface area (Å²) in [6, 6.07) is 0. The van der Waals surface area contributed by atoms with E-state index >= 15 is 0 Å². The molecule has 0 atom stereocenters. The van der Waals surface area contributed by atoms with E-state index in [1.54, 1.807) is 13.8 Å². The van der Waals surface area contributed by atoms with Crippen molar-refractivity contribution < 1.29 is 14.6 Å². The molecule has 0 aliphatic carbocycles. The zero-order valence-electron chi connectivity index (χ0n) is 7.15. The number of rotatable bonds is 4. The number of amides is 1. The molecule has 70 valence electrons. The summed E-state index contributed by atoms with van der Waals surface area (Å²) < 4.78 is 4.46. The average Bonchev–Trinajstić information content (AvgIpc) is 1.99. The maximum absolute atomic E-state index is 10.8. The normalized spacial score (nSPS) is 9.17. The SMILES string of the molecule is CCCN(C(=O)OCC)[N+](=O)[O-]. The van der Waals surface area contributed by atoms with Crippen molar-refractivity contribution in [1.82, 2.24) is 5.01 Å². The number of nitro groups is 1. The third kappa shape index (κ3) is 3.18. The van der Waals surface area contributed by atoms with Crippen LogP contribution < -0.4 is 0 Å². The molecule has 0 aromatic carbocycles. The van der Waals surface area contributed by atoms with Crippen LogP contribution in [-0.4, -0.2) is 29.3 Å². The van der Waals surface area contributed by atoms with Crippen LogP contribution in [-0.2, 0) is 4.74 Å². The summed E-state index contributed by atoms with van der Waals surface area (Å²) in [5.74, 6) is 0. The van der Waals surface area contributed by atoms with E-state index in [1.165, 1.54) is 0 Å². The number of hydrazine groups is 1. The molecule has 0 aliphatic rings. The van der Waals surface area contributed by atoms with Crippen LogP contribution in [0.15, 0.2) is 0 Å². The lowest BCUT2D eigenvalue weighted by molar-refractivity contribution is -0.635. The van der Waals surface area contributed by atoms with Crippen molar-refractivity contribution in [1.29, 1.82) is 0 Å². The monoisotopic (exact) mass is 176 g/mol. The first-order chi connectivity index (χ1) is 5.63. The molecule has 6 heteroatoms. The van der Waals surface area contributed by atoms with Gasteiger partial charge in [0.05, 0.1) is 13.2 Å². The number of carbonyl (C=O) groups excluding carboxylic acids is 1. The minimum atomic E-state index is -0.899. The molecule has 0 unspecified atom stereocenters. The van der Waals surface area contributed by atoms with Crippen LogP contribution in [0, 0.1) is 10.1 Å². The Labute approximate surface area is 70.2 Å². The second-order valence-electron chi connectivity index (χ2n) is 2.06. The van der Waals surface area contributed by atoms with Gasteiger partial charge in [0.25, 0.3) is 0 Å². The van der Waals surface area contributed by atoms with Gasteiger partial charge in [-0.1, -0.05) is 6.92 Å². The molecule has 6 nitrogen and oxygen atoms in total. The standard InChI is InChI=1S/C6H12N2O4/c1-3-5-7(8(10)11)6(9)12-4-2/h3-5H2,1-2H3.